The minimum absolute atomic E-state index is 0.209. The number of carboxylic acids is 1. The van der Waals surface area contributed by atoms with Crippen molar-refractivity contribution >= 4 is 28.8 Å². The molecule has 22 heavy (non-hydrogen) atoms. The largest absolute Gasteiger partial charge is 0.480 e. The van der Waals surface area contributed by atoms with Gasteiger partial charge in [-0.3, -0.25) is 9.59 Å². The number of nitrogens with two attached hydrogens (primary N) is 1. The lowest BCUT2D eigenvalue weighted by Crippen LogP contribution is -2.41. The summed E-state index contributed by atoms with van der Waals surface area (Å²) in [6.07, 6.45) is 1.26. The van der Waals surface area contributed by atoms with Crippen LogP contribution >= 0.6 is 11.8 Å². The average Bonchev–Trinajstić information content (AvgIpc) is 2.47. The molecule has 0 fully saturated rings. The van der Waals surface area contributed by atoms with Crippen molar-refractivity contribution in [3.05, 3.63) is 30.3 Å². The predicted molar refractivity (Wildman–Crippen MR) is 84.4 cm³/mol. The van der Waals surface area contributed by atoms with E-state index in [0.29, 0.717) is 19.4 Å². The number of hydrogen-bond acceptors (Lipinski definition) is 5. The Bertz CT molecular complexity index is 508. The summed E-state index contributed by atoms with van der Waals surface area (Å²) in [6, 6.07) is 7.76. The summed E-state index contributed by atoms with van der Waals surface area (Å²) in [5.41, 5.74) is 5.33. The fraction of sp³-hybridized carbons (Fsp3) is 0.400. The van der Waals surface area contributed by atoms with Gasteiger partial charge in [-0.05, 0) is 31.5 Å². The van der Waals surface area contributed by atoms with E-state index in [1.54, 1.807) is 24.3 Å². The molecule has 0 saturated carbocycles. The molecule has 0 aromatic heterocycles. The number of hydrogen-bond donors (Lipinski definition) is 3. The molecule has 7 heteroatoms. The molecule has 1 atom stereocenters. The van der Waals surface area contributed by atoms with E-state index in [-0.39, 0.29) is 23.9 Å². The maximum atomic E-state index is 11.9. The number of carboxylic acid groups (broad SMARTS) is 1. The highest BCUT2D eigenvalue weighted by Gasteiger charge is 2.23. The summed E-state index contributed by atoms with van der Waals surface area (Å²) in [6.45, 7) is 0.488. The molecule has 0 aliphatic rings. The highest BCUT2D eigenvalue weighted by molar-refractivity contribution is 8.13. The fourth-order valence-electron chi connectivity index (χ4n) is 1.72. The molecule has 0 saturated heterocycles. The van der Waals surface area contributed by atoms with Crippen LogP contribution in [0, 0.1) is 0 Å². The van der Waals surface area contributed by atoms with Crippen LogP contribution in [0.5, 0.6) is 0 Å². The van der Waals surface area contributed by atoms with Gasteiger partial charge in [-0.25, -0.2) is 4.79 Å². The van der Waals surface area contributed by atoms with Crippen molar-refractivity contribution in [1.29, 1.82) is 0 Å². The van der Waals surface area contributed by atoms with Crippen molar-refractivity contribution in [1.82, 2.24) is 5.32 Å². The first-order chi connectivity index (χ1) is 10.5. The van der Waals surface area contributed by atoms with Crippen LogP contribution in [0.2, 0.25) is 0 Å². The molecule has 1 aromatic carbocycles. The van der Waals surface area contributed by atoms with Crippen LogP contribution < -0.4 is 11.1 Å². The smallest absolute Gasteiger partial charge is 0.326 e. The van der Waals surface area contributed by atoms with Gasteiger partial charge in [0.25, 0.3) is 0 Å². The van der Waals surface area contributed by atoms with Crippen molar-refractivity contribution in [2.75, 3.05) is 6.54 Å². The van der Waals surface area contributed by atoms with E-state index >= 15 is 0 Å². The maximum absolute atomic E-state index is 11.9. The van der Waals surface area contributed by atoms with E-state index in [1.165, 1.54) is 0 Å². The van der Waals surface area contributed by atoms with E-state index in [2.05, 4.69) is 5.32 Å². The van der Waals surface area contributed by atoms with Crippen molar-refractivity contribution < 1.29 is 19.5 Å². The predicted octanol–water partition coefficient (Wildman–Crippen LogP) is 1.39. The monoisotopic (exact) mass is 324 g/mol. The van der Waals surface area contributed by atoms with E-state index < -0.39 is 12.0 Å². The molecular weight excluding hydrogens is 304 g/mol. The average molecular weight is 324 g/mol. The Balaban J connectivity index is 2.48. The van der Waals surface area contributed by atoms with E-state index in [0.717, 1.165) is 16.7 Å². The maximum Gasteiger partial charge on any atom is 0.326 e. The van der Waals surface area contributed by atoms with Crippen molar-refractivity contribution in [2.45, 2.75) is 36.6 Å². The van der Waals surface area contributed by atoms with Gasteiger partial charge >= 0.3 is 5.97 Å². The molecule has 0 spiro atoms. The van der Waals surface area contributed by atoms with Crippen LogP contribution in [0.3, 0.4) is 0 Å². The Labute approximate surface area is 133 Å². The minimum Gasteiger partial charge on any atom is -0.480 e. The Morgan fingerprint density at radius 3 is 2.45 bits per heavy atom. The zero-order valence-corrected chi connectivity index (χ0v) is 13.0. The third-order valence-electron chi connectivity index (χ3n) is 2.84. The molecule has 1 aromatic rings. The number of rotatable bonds is 9. The number of aliphatic carboxylic acids is 1. The SMILES string of the molecule is NCCCCC(=O)N[C@@H](CC(=O)Sc1ccccc1)C(=O)O. The Morgan fingerprint density at radius 2 is 1.86 bits per heavy atom. The van der Waals surface area contributed by atoms with Crippen LogP contribution in [-0.2, 0) is 14.4 Å². The summed E-state index contributed by atoms with van der Waals surface area (Å²) >= 11 is 0.968. The van der Waals surface area contributed by atoms with Crippen LogP contribution in [0.25, 0.3) is 0 Å². The quantitative estimate of drug-likeness (QED) is 0.468. The van der Waals surface area contributed by atoms with E-state index in [1.807, 2.05) is 6.07 Å². The van der Waals surface area contributed by atoms with Gasteiger partial charge in [0.15, 0.2) is 5.12 Å². The van der Waals surface area contributed by atoms with Crippen LogP contribution in [0.4, 0.5) is 0 Å². The van der Waals surface area contributed by atoms with Gasteiger partial charge in [0.1, 0.15) is 6.04 Å². The van der Waals surface area contributed by atoms with Crippen molar-refractivity contribution in [2.24, 2.45) is 5.73 Å². The zero-order chi connectivity index (χ0) is 16.4. The van der Waals surface area contributed by atoms with E-state index in [4.69, 9.17) is 10.8 Å². The number of nitrogens with one attached hydrogen (secondary N) is 1. The molecule has 0 radical (unpaired) electrons. The fourth-order valence-corrected chi connectivity index (χ4v) is 2.53. The molecule has 0 unspecified atom stereocenters. The molecule has 1 rings (SSSR count). The molecule has 0 bridgehead atoms. The summed E-state index contributed by atoms with van der Waals surface area (Å²) in [5, 5.41) is 11.2. The Hall–Kier alpha value is -1.86. The molecule has 0 aliphatic heterocycles. The number of carbonyl (C=O) groups is 3. The van der Waals surface area contributed by atoms with Crippen molar-refractivity contribution in [3.63, 3.8) is 0 Å². The number of unbranched alkanes of at least 4 members (excludes halogenated alkanes) is 1. The normalized spacial score (nSPS) is 11.7. The molecule has 6 nitrogen and oxygen atoms in total. The molecule has 0 aliphatic carbocycles. The van der Waals surface area contributed by atoms with Gasteiger partial charge in [-0.2, -0.15) is 0 Å². The summed E-state index contributed by atoms with van der Waals surface area (Å²) in [7, 11) is 0. The van der Waals surface area contributed by atoms with Crippen LogP contribution in [-0.4, -0.2) is 34.7 Å². The minimum atomic E-state index is -1.21. The Morgan fingerprint density at radius 1 is 1.18 bits per heavy atom. The van der Waals surface area contributed by atoms with Gasteiger partial charge in [-0.1, -0.05) is 30.0 Å². The van der Waals surface area contributed by atoms with Gasteiger partial charge < -0.3 is 16.2 Å². The molecule has 120 valence electrons. The molecule has 1 amide bonds. The first-order valence-electron chi connectivity index (χ1n) is 7.01. The van der Waals surface area contributed by atoms with Gasteiger partial charge in [0.2, 0.25) is 5.91 Å². The van der Waals surface area contributed by atoms with Crippen molar-refractivity contribution in [3.8, 4) is 0 Å². The summed E-state index contributed by atoms with van der Waals surface area (Å²) in [5.74, 6) is -1.59. The molecule has 0 heterocycles. The van der Waals surface area contributed by atoms with Gasteiger partial charge in [-0.15, -0.1) is 0 Å². The van der Waals surface area contributed by atoms with E-state index in [9.17, 15) is 14.4 Å². The lowest BCUT2D eigenvalue weighted by Gasteiger charge is -2.13. The highest BCUT2D eigenvalue weighted by Crippen LogP contribution is 2.20. The standard InChI is InChI=1S/C15H20N2O4S/c16-9-5-4-8-13(18)17-12(15(20)21)10-14(19)22-11-6-2-1-3-7-11/h1-3,6-7,12H,4-5,8-10,16H2,(H,17,18)(H,20,21)/t12-/m0/s1. The second kappa shape index (κ2) is 9.97. The first-order valence-corrected chi connectivity index (χ1v) is 7.82. The number of carbonyl (C=O) groups excluding carboxylic acids is 2. The molecular formula is C15H20N2O4S. The topological polar surface area (TPSA) is 109 Å². The number of amides is 1. The van der Waals surface area contributed by atoms with Crippen LogP contribution in [0.1, 0.15) is 25.7 Å². The third-order valence-corrected chi connectivity index (χ3v) is 3.74. The number of thioether (sulfide) groups is 1. The summed E-state index contributed by atoms with van der Waals surface area (Å²) in [4.78, 5) is 35.4. The van der Waals surface area contributed by atoms with Gasteiger partial charge in [0, 0.05) is 17.7 Å². The second-order valence-corrected chi connectivity index (χ2v) is 5.83. The van der Waals surface area contributed by atoms with Gasteiger partial charge in [0.05, 0.1) is 0 Å². The van der Waals surface area contributed by atoms with Crippen LogP contribution in [0.15, 0.2) is 35.2 Å². The zero-order valence-electron chi connectivity index (χ0n) is 12.2. The lowest BCUT2D eigenvalue weighted by molar-refractivity contribution is -0.142. The molecule has 4 N–H and O–H groups in total. The summed E-state index contributed by atoms with van der Waals surface area (Å²) < 4.78 is 0. The Kier molecular flexibility index (Phi) is 8.24. The third kappa shape index (κ3) is 7.24. The first kappa shape index (κ1) is 18.2. The number of benzene rings is 1. The second-order valence-electron chi connectivity index (χ2n) is 4.70. The highest BCUT2D eigenvalue weighted by atomic mass is 32.2. The lowest BCUT2D eigenvalue weighted by atomic mass is 10.2.